The molecule has 4 aliphatic carbocycles. The van der Waals surface area contributed by atoms with E-state index in [2.05, 4.69) is 5.32 Å². The third kappa shape index (κ3) is 2.92. The standard InChI is InChI=1S/C19H22FNO3/c20-15-3-1-2-4-16(15)21-17(22)10-24-19(23)18-13-6-11-5-12(8-13)9-14(18)7-11/h1-4,11-14,18H,5-10H2,(H,21,22). The number of benzene rings is 1. The fraction of sp³-hybridized carbons (Fsp3) is 0.579. The van der Waals surface area contributed by atoms with Gasteiger partial charge in [0.2, 0.25) is 0 Å². The first-order valence-corrected chi connectivity index (χ1v) is 8.81. The lowest BCUT2D eigenvalue weighted by Crippen LogP contribution is -2.48. The van der Waals surface area contributed by atoms with Crippen molar-refractivity contribution < 1.29 is 18.7 Å². The van der Waals surface area contributed by atoms with Gasteiger partial charge in [-0.25, -0.2) is 4.39 Å². The number of halogens is 1. The second-order valence-corrected chi connectivity index (χ2v) is 7.59. The Morgan fingerprint density at radius 3 is 2.29 bits per heavy atom. The van der Waals surface area contributed by atoms with Crippen molar-refractivity contribution in [3.8, 4) is 0 Å². The molecule has 0 atom stereocenters. The van der Waals surface area contributed by atoms with E-state index >= 15 is 0 Å². The van der Waals surface area contributed by atoms with Crippen LogP contribution in [0.25, 0.3) is 0 Å². The topological polar surface area (TPSA) is 55.4 Å². The Bertz CT molecular complexity index is 632. The Hall–Kier alpha value is -1.91. The number of amides is 1. The molecule has 0 saturated heterocycles. The smallest absolute Gasteiger partial charge is 0.310 e. The Balaban J connectivity index is 1.32. The lowest BCUT2D eigenvalue weighted by Gasteiger charge is -2.53. The van der Waals surface area contributed by atoms with Crippen LogP contribution in [0.5, 0.6) is 0 Å². The quantitative estimate of drug-likeness (QED) is 0.861. The molecule has 4 nitrogen and oxygen atoms in total. The molecule has 4 bridgehead atoms. The van der Waals surface area contributed by atoms with Crippen molar-refractivity contribution in [1.29, 1.82) is 0 Å². The molecular formula is C19H22FNO3. The summed E-state index contributed by atoms with van der Waals surface area (Å²) >= 11 is 0. The Morgan fingerprint density at radius 2 is 1.67 bits per heavy atom. The maximum Gasteiger partial charge on any atom is 0.310 e. The molecule has 0 unspecified atom stereocenters. The van der Waals surface area contributed by atoms with Crippen LogP contribution in [0.4, 0.5) is 10.1 Å². The molecule has 4 saturated carbocycles. The highest BCUT2D eigenvalue weighted by Crippen LogP contribution is 2.56. The number of carbonyl (C=O) groups is 2. The minimum Gasteiger partial charge on any atom is -0.455 e. The average molecular weight is 331 g/mol. The van der Waals surface area contributed by atoms with Gasteiger partial charge < -0.3 is 10.1 Å². The van der Waals surface area contributed by atoms with E-state index in [1.54, 1.807) is 12.1 Å². The van der Waals surface area contributed by atoms with Crippen LogP contribution in [-0.4, -0.2) is 18.5 Å². The molecule has 5 heteroatoms. The number of hydrogen-bond acceptors (Lipinski definition) is 3. The van der Waals surface area contributed by atoms with Crippen molar-refractivity contribution in [2.24, 2.45) is 29.6 Å². The molecule has 1 aromatic carbocycles. The predicted molar refractivity (Wildman–Crippen MR) is 86.5 cm³/mol. The van der Waals surface area contributed by atoms with Gasteiger partial charge in [0.15, 0.2) is 6.61 Å². The van der Waals surface area contributed by atoms with E-state index in [-0.39, 0.29) is 24.2 Å². The fourth-order valence-corrected chi connectivity index (χ4v) is 5.29. The van der Waals surface area contributed by atoms with Crippen molar-refractivity contribution in [2.75, 3.05) is 11.9 Å². The number of nitrogens with one attached hydrogen (secondary N) is 1. The molecular weight excluding hydrogens is 309 g/mol. The zero-order chi connectivity index (χ0) is 16.7. The molecule has 0 heterocycles. The second-order valence-electron chi connectivity index (χ2n) is 7.59. The maximum absolute atomic E-state index is 13.5. The van der Waals surface area contributed by atoms with Gasteiger partial charge in [-0.3, -0.25) is 9.59 Å². The number of anilines is 1. The van der Waals surface area contributed by atoms with Gasteiger partial charge in [0.05, 0.1) is 11.6 Å². The SMILES string of the molecule is O=C(COC(=O)C1C2CC3CC(C2)CC1C3)Nc1ccccc1F. The summed E-state index contributed by atoms with van der Waals surface area (Å²) in [5.41, 5.74) is 0.105. The molecule has 0 spiro atoms. The number of esters is 1. The van der Waals surface area contributed by atoms with Gasteiger partial charge in [0.25, 0.3) is 5.91 Å². The number of rotatable bonds is 4. The zero-order valence-corrected chi connectivity index (χ0v) is 13.5. The molecule has 1 N–H and O–H groups in total. The van der Waals surface area contributed by atoms with Gasteiger partial charge >= 0.3 is 5.97 Å². The van der Waals surface area contributed by atoms with Crippen LogP contribution in [0, 0.1) is 35.4 Å². The summed E-state index contributed by atoms with van der Waals surface area (Å²) in [6, 6.07) is 5.94. The lowest BCUT2D eigenvalue weighted by atomic mass is 9.52. The Labute approximate surface area is 140 Å². The summed E-state index contributed by atoms with van der Waals surface area (Å²) in [4.78, 5) is 24.4. The van der Waals surface area contributed by atoms with Gasteiger partial charge in [-0.1, -0.05) is 12.1 Å². The maximum atomic E-state index is 13.5. The number of hydrogen-bond donors (Lipinski definition) is 1. The number of ether oxygens (including phenoxy) is 1. The number of para-hydroxylation sites is 1. The van der Waals surface area contributed by atoms with Crippen molar-refractivity contribution in [2.45, 2.75) is 32.1 Å². The largest absolute Gasteiger partial charge is 0.455 e. The average Bonchev–Trinajstić information content (AvgIpc) is 2.54. The highest BCUT2D eigenvalue weighted by Gasteiger charge is 2.51. The molecule has 24 heavy (non-hydrogen) atoms. The molecule has 0 aliphatic heterocycles. The summed E-state index contributed by atoms with van der Waals surface area (Å²) in [5, 5.41) is 2.44. The minimum atomic E-state index is -0.503. The van der Waals surface area contributed by atoms with Crippen LogP contribution in [0.15, 0.2) is 24.3 Å². The van der Waals surface area contributed by atoms with E-state index in [0.29, 0.717) is 11.8 Å². The first-order valence-electron chi connectivity index (χ1n) is 8.81. The molecule has 1 aromatic rings. The molecule has 128 valence electrons. The summed E-state index contributed by atoms with van der Waals surface area (Å²) in [7, 11) is 0. The summed E-state index contributed by atoms with van der Waals surface area (Å²) < 4.78 is 18.8. The first kappa shape index (κ1) is 15.6. The summed E-state index contributed by atoms with van der Waals surface area (Å²) in [5.74, 6) is 1.16. The Kier molecular flexibility index (Phi) is 4.02. The summed E-state index contributed by atoms with van der Waals surface area (Å²) in [6.07, 6.45) is 5.87. The van der Waals surface area contributed by atoms with Crippen LogP contribution >= 0.6 is 0 Å². The van der Waals surface area contributed by atoms with E-state index in [1.165, 1.54) is 18.6 Å². The normalized spacial score (nSPS) is 33.3. The van der Waals surface area contributed by atoms with Crippen LogP contribution in [-0.2, 0) is 14.3 Å². The van der Waals surface area contributed by atoms with Gasteiger partial charge in [-0.15, -0.1) is 0 Å². The van der Waals surface area contributed by atoms with Crippen molar-refractivity contribution in [1.82, 2.24) is 0 Å². The zero-order valence-electron chi connectivity index (χ0n) is 13.5. The molecule has 4 aliphatic rings. The molecule has 0 aromatic heterocycles. The van der Waals surface area contributed by atoms with E-state index in [9.17, 15) is 14.0 Å². The second kappa shape index (κ2) is 6.19. The van der Waals surface area contributed by atoms with Crippen molar-refractivity contribution >= 4 is 17.6 Å². The van der Waals surface area contributed by atoms with Gasteiger partial charge in [-0.05, 0) is 67.9 Å². The van der Waals surface area contributed by atoms with Gasteiger partial charge in [0, 0.05) is 0 Å². The molecule has 0 radical (unpaired) electrons. The van der Waals surface area contributed by atoms with Crippen LogP contribution < -0.4 is 5.32 Å². The molecule has 4 fully saturated rings. The monoisotopic (exact) mass is 331 g/mol. The van der Waals surface area contributed by atoms with Gasteiger partial charge in [-0.2, -0.15) is 0 Å². The third-order valence-electron chi connectivity index (χ3n) is 5.99. The third-order valence-corrected chi connectivity index (χ3v) is 5.99. The van der Waals surface area contributed by atoms with Crippen LogP contribution in [0.1, 0.15) is 32.1 Å². The van der Waals surface area contributed by atoms with Gasteiger partial charge in [0.1, 0.15) is 5.82 Å². The summed E-state index contributed by atoms with van der Waals surface area (Å²) in [6.45, 7) is -0.351. The first-order chi connectivity index (χ1) is 11.6. The van der Waals surface area contributed by atoms with Crippen LogP contribution in [0.2, 0.25) is 0 Å². The highest BCUT2D eigenvalue weighted by atomic mass is 19.1. The van der Waals surface area contributed by atoms with Crippen molar-refractivity contribution in [3.63, 3.8) is 0 Å². The predicted octanol–water partition coefficient (Wildman–Crippen LogP) is 3.38. The van der Waals surface area contributed by atoms with E-state index < -0.39 is 11.7 Å². The number of carbonyl (C=O) groups excluding carboxylic acids is 2. The molecule has 1 amide bonds. The lowest BCUT2D eigenvalue weighted by molar-refractivity contribution is -0.164. The van der Waals surface area contributed by atoms with E-state index in [0.717, 1.165) is 37.5 Å². The van der Waals surface area contributed by atoms with Crippen LogP contribution in [0.3, 0.4) is 0 Å². The van der Waals surface area contributed by atoms with Crippen molar-refractivity contribution in [3.05, 3.63) is 30.1 Å². The van der Waals surface area contributed by atoms with E-state index in [4.69, 9.17) is 4.74 Å². The Morgan fingerprint density at radius 1 is 1.04 bits per heavy atom. The fourth-order valence-electron chi connectivity index (χ4n) is 5.29. The highest BCUT2D eigenvalue weighted by molar-refractivity contribution is 5.93. The van der Waals surface area contributed by atoms with E-state index in [1.807, 2.05) is 0 Å². The molecule has 5 rings (SSSR count). The minimum absolute atomic E-state index is 0.0425.